The lowest BCUT2D eigenvalue weighted by Gasteiger charge is -2.16. The van der Waals surface area contributed by atoms with Crippen molar-refractivity contribution in [2.75, 3.05) is 0 Å². The first-order valence-electron chi connectivity index (χ1n) is 5.30. The molecule has 0 aliphatic carbocycles. The maximum Gasteiger partial charge on any atom is 0.273 e. The third kappa shape index (κ3) is 3.69. The smallest absolute Gasteiger partial charge is 0.273 e. The molecule has 5 nitrogen and oxygen atoms in total. The molecular weight excluding hydrogens is 192 g/mol. The van der Waals surface area contributed by atoms with E-state index in [1.165, 1.54) is 6.20 Å². The fourth-order valence-electron chi connectivity index (χ4n) is 1.44. The predicted octanol–water partition coefficient (Wildman–Crippen LogP) is 1.36. The van der Waals surface area contributed by atoms with Gasteiger partial charge in [-0.15, -0.1) is 0 Å². The molecule has 2 N–H and O–H groups in total. The third-order valence-electron chi connectivity index (χ3n) is 2.48. The van der Waals surface area contributed by atoms with Crippen molar-refractivity contribution < 1.29 is 4.79 Å². The van der Waals surface area contributed by atoms with Crippen LogP contribution in [-0.4, -0.2) is 27.4 Å². The van der Waals surface area contributed by atoms with E-state index < -0.39 is 0 Å². The van der Waals surface area contributed by atoms with E-state index in [9.17, 15) is 4.79 Å². The van der Waals surface area contributed by atoms with Crippen LogP contribution in [0, 0.1) is 5.92 Å². The van der Waals surface area contributed by atoms with Crippen LogP contribution in [0.2, 0.25) is 0 Å². The van der Waals surface area contributed by atoms with Crippen molar-refractivity contribution in [3.63, 3.8) is 0 Å². The number of amides is 1. The standard InChI is InChI=1S/C10H18N4O/c1-4-7(2)5-8(3)12-10(15)9-6-11-14-13-9/h6-8H,4-5H2,1-3H3,(H,12,15)(H,11,13,14). The Hall–Kier alpha value is -1.39. The highest BCUT2D eigenvalue weighted by atomic mass is 16.2. The highest BCUT2D eigenvalue weighted by Gasteiger charge is 2.13. The Morgan fingerprint density at radius 1 is 1.60 bits per heavy atom. The molecule has 0 aromatic carbocycles. The molecule has 1 aromatic rings. The molecule has 2 unspecified atom stereocenters. The van der Waals surface area contributed by atoms with E-state index in [1.54, 1.807) is 0 Å². The van der Waals surface area contributed by atoms with Gasteiger partial charge in [0.25, 0.3) is 5.91 Å². The summed E-state index contributed by atoms with van der Waals surface area (Å²) < 4.78 is 0. The van der Waals surface area contributed by atoms with E-state index in [0.29, 0.717) is 11.6 Å². The SMILES string of the molecule is CCC(C)CC(C)NC(=O)c1cn[nH]n1. The molecule has 1 heterocycles. The van der Waals surface area contributed by atoms with Crippen LogP contribution in [0.15, 0.2) is 6.20 Å². The number of carbonyl (C=O) groups is 1. The Balaban J connectivity index is 2.38. The first-order chi connectivity index (χ1) is 7.13. The molecule has 1 rings (SSSR count). The summed E-state index contributed by atoms with van der Waals surface area (Å²) in [6.45, 7) is 6.33. The summed E-state index contributed by atoms with van der Waals surface area (Å²) in [4.78, 5) is 11.6. The monoisotopic (exact) mass is 210 g/mol. The zero-order valence-corrected chi connectivity index (χ0v) is 9.45. The molecule has 1 aromatic heterocycles. The van der Waals surface area contributed by atoms with Gasteiger partial charge in [-0.1, -0.05) is 20.3 Å². The van der Waals surface area contributed by atoms with Crippen LogP contribution in [0.1, 0.15) is 44.1 Å². The Kier molecular flexibility index (Phi) is 4.27. The lowest BCUT2D eigenvalue weighted by molar-refractivity contribution is 0.0930. The van der Waals surface area contributed by atoms with Crippen LogP contribution in [0.5, 0.6) is 0 Å². The lowest BCUT2D eigenvalue weighted by Crippen LogP contribution is -2.33. The Bertz CT molecular complexity index is 296. The van der Waals surface area contributed by atoms with Gasteiger partial charge in [-0.2, -0.15) is 15.4 Å². The van der Waals surface area contributed by atoms with Crippen LogP contribution in [0.3, 0.4) is 0 Å². The maximum atomic E-state index is 11.6. The molecule has 0 saturated heterocycles. The van der Waals surface area contributed by atoms with Crippen molar-refractivity contribution >= 4 is 5.91 Å². The van der Waals surface area contributed by atoms with Crippen LogP contribution < -0.4 is 5.32 Å². The van der Waals surface area contributed by atoms with Crippen molar-refractivity contribution in [2.24, 2.45) is 5.92 Å². The molecule has 2 atom stereocenters. The summed E-state index contributed by atoms with van der Waals surface area (Å²) in [5.74, 6) is 0.456. The summed E-state index contributed by atoms with van der Waals surface area (Å²) in [6.07, 6.45) is 3.54. The molecule has 0 bridgehead atoms. The summed E-state index contributed by atoms with van der Waals surface area (Å²) in [5.41, 5.74) is 0.339. The molecule has 84 valence electrons. The second kappa shape index (κ2) is 5.48. The number of aromatic nitrogens is 3. The van der Waals surface area contributed by atoms with Crippen LogP contribution in [0.25, 0.3) is 0 Å². The Morgan fingerprint density at radius 3 is 2.87 bits per heavy atom. The molecule has 0 saturated carbocycles. The quantitative estimate of drug-likeness (QED) is 0.770. The average molecular weight is 210 g/mol. The molecule has 0 radical (unpaired) electrons. The number of nitrogens with one attached hydrogen (secondary N) is 2. The molecule has 15 heavy (non-hydrogen) atoms. The van der Waals surface area contributed by atoms with Gasteiger partial charge in [0.1, 0.15) is 0 Å². The van der Waals surface area contributed by atoms with Gasteiger partial charge in [-0.3, -0.25) is 4.79 Å². The van der Waals surface area contributed by atoms with E-state index in [0.717, 1.165) is 12.8 Å². The van der Waals surface area contributed by atoms with Gasteiger partial charge in [-0.05, 0) is 19.3 Å². The number of hydrogen-bond acceptors (Lipinski definition) is 3. The fourth-order valence-corrected chi connectivity index (χ4v) is 1.44. The topological polar surface area (TPSA) is 70.7 Å². The van der Waals surface area contributed by atoms with Gasteiger partial charge < -0.3 is 5.32 Å². The van der Waals surface area contributed by atoms with Crippen molar-refractivity contribution in [1.82, 2.24) is 20.7 Å². The summed E-state index contributed by atoms with van der Waals surface area (Å²) >= 11 is 0. The molecule has 0 aliphatic heterocycles. The molecule has 0 fully saturated rings. The number of nitrogens with zero attached hydrogens (tertiary/aromatic N) is 2. The molecular formula is C10H18N4O. The average Bonchev–Trinajstić information content (AvgIpc) is 2.70. The predicted molar refractivity (Wildman–Crippen MR) is 57.4 cm³/mol. The van der Waals surface area contributed by atoms with Gasteiger partial charge in [-0.25, -0.2) is 0 Å². The normalized spacial score (nSPS) is 14.6. The van der Waals surface area contributed by atoms with E-state index >= 15 is 0 Å². The van der Waals surface area contributed by atoms with Crippen molar-refractivity contribution in [2.45, 2.75) is 39.7 Å². The van der Waals surface area contributed by atoms with Gasteiger partial charge in [0.2, 0.25) is 0 Å². The van der Waals surface area contributed by atoms with E-state index in [-0.39, 0.29) is 11.9 Å². The molecule has 1 amide bonds. The van der Waals surface area contributed by atoms with E-state index in [1.807, 2.05) is 6.92 Å². The Morgan fingerprint density at radius 2 is 2.33 bits per heavy atom. The number of rotatable bonds is 5. The van der Waals surface area contributed by atoms with Gasteiger partial charge in [0, 0.05) is 6.04 Å². The number of aromatic amines is 1. The van der Waals surface area contributed by atoms with Crippen LogP contribution in [0.4, 0.5) is 0 Å². The van der Waals surface area contributed by atoms with E-state index in [4.69, 9.17) is 0 Å². The minimum absolute atomic E-state index is 0.167. The minimum atomic E-state index is -0.167. The maximum absolute atomic E-state index is 11.6. The Labute approximate surface area is 89.6 Å². The van der Waals surface area contributed by atoms with Gasteiger partial charge in [0.15, 0.2) is 5.69 Å². The van der Waals surface area contributed by atoms with Crippen LogP contribution >= 0.6 is 0 Å². The number of H-pyrrole nitrogens is 1. The lowest BCUT2D eigenvalue weighted by atomic mass is 10.0. The van der Waals surface area contributed by atoms with Gasteiger partial charge in [0.05, 0.1) is 6.20 Å². The second-order valence-electron chi connectivity index (χ2n) is 3.98. The molecule has 0 aliphatic rings. The first-order valence-corrected chi connectivity index (χ1v) is 5.30. The highest BCUT2D eigenvalue weighted by molar-refractivity contribution is 5.91. The van der Waals surface area contributed by atoms with Crippen molar-refractivity contribution in [1.29, 1.82) is 0 Å². The molecule has 5 heteroatoms. The van der Waals surface area contributed by atoms with Crippen molar-refractivity contribution in [3.8, 4) is 0 Å². The zero-order chi connectivity index (χ0) is 11.3. The third-order valence-corrected chi connectivity index (χ3v) is 2.48. The summed E-state index contributed by atoms with van der Waals surface area (Å²) in [6, 6.07) is 0.171. The van der Waals surface area contributed by atoms with Crippen molar-refractivity contribution in [3.05, 3.63) is 11.9 Å². The molecule has 0 spiro atoms. The van der Waals surface area contributed by atoms with Gasteiger partial charge >= 0.3 is 0 Å². The highest BCUT2D eigenvalue weighted by Crippen LogP contribution is 2.09. The largest absolute Gasteiger partial charge is 0.348 e. The second-order valence-corrected chi connectivity index (χ2v) is 3.98. The summed E-state index contributed by atoms with van der Waals surface area (Å²) in [5, 5.41) is 12.6. The fraction of sp³-hybridized carbons (Fsp3) is 0.700. The minimum Gasteiger partial charge on any atom is -0.348 e. The van der Waals surface area contributed by atoms with Crippen LogP contribution in [-0.2, 0) is 0 Å². The van der Waals surface area contributed by atoms with E-state index in [2.05, 4.69) is 34.6 Å². The first kappa shape index (κ1) is 11.7. The number of carbonyl (C=O) groups excluding carboxylic acids is 1. The summed E-state index contributed by atoms with van der Waals surface area (Å²) in [7, 11) is 0. The number of hydrogen-bond donors (Lipinski definition) is 2. The zero-order valence-electron chi connectivity index (χ0n) is 9.45.